The topological polar surface area (TPSA) is 0 Å². The summed E-state index contributed by atoms with van der Waals surface area (Å²) in [6.45, 7) is 6.15. The van der Waals surface area contributed by atoms with E-state index in [0.29, 0.717) is 0 Å². The average molecular weight is 217 g/mol. The molecule has 0 bridgehead atoms. The highest BCUT2D eigenvalue weighted by Crippen LogP contribution is 2.32. The van der Waals surface area contributed by atoms with Gasteiger partial charge in [-0.1, -0.05) is 43.7 Å². The molecule has 0 heterocycles. The van der Waals surface area contributed by atoms with Gasteiger partial charge in [0.25, 0.3) is 0 Å². The third-order valence-electron chi connectivity index (χ3n) is 2.34. The zero-order valence-corrected chi connectivity index (χ0v) is 9.65. The molecule has 1 rings (SSSR count). The molecule has 0 unspecified atom stereocenters. The van der Waals surface area contributed by atoms with E-state index in [1.54, 1.807) is 0 Å². The Balaban J connectivity index is 3.01. The summed E-state index contributed by atoms with van der Waals surface area (Å²) in [4.78, 5) is -0.379. The summed E-state index contributed by atoms with van der Waals surface area (Å²) in [5.74, 6) is 0. The van der Waals surface area contributed by atoms with Gasteiger partial charge in [0, 0.05) is 5.41 Å². The number of halogens is 2. The largest absolute Gasteiger partial charge is 0.116 e. The van der Waals surface area contributed by atoms with Crippen molar-refractivity contribution in [3.8, 4) is 0 Å². The van der Waals surface area contributed by atoms with E-state index in [-0.39, 0.29) is 10.3 Å². The van der Waals surface area contributed by atoms with Crippen molar-refractivity contribution in [3.63, 3.8) is 0 Å². The van der Waals surface area contributed by atoms with Crippen LogP contribution in [0.3, 0.4) is 0 Å². The molecule has 0 fully saturated rings. The van der Waals surface area contributed by atoms with Crippen LogP contribution in [0, 0.1) is 6.92 Å². The number of hydrogen-bond donors (Lipinski definition) is 0. The summed E-state index contributed by atoms with van der Waals surface area (Å²) in [6.07, 6.45) is 0. The molecule has 0 saturated carbocycles. The van der Waals surface area contributed by atoms with E-state index in [2.05, 4.69) is 31.2 Å². The van der Waals surface area contributed by atoms with Crippen molar-refractivity contribution in [2.45, 2.75) is 31.0 Å². The molecule has 0 spiro atoms. The van der Waals surface area contributed by atoms with Crippen LogP contribution in [0.2, 0.25) is 0 Å². The molecule has 1 aromatic carbocycles. The number of benzene rings is 1. The maximum Gasteiger partial charge on any atom is 0.116 e. The molecule has 0 aliphatic carbocycles. The Labute approximate surface area is 89.9 Å². The van der Waals surface area contributed by atoms with Crippen LogP contribution >= 0.6 is 23.2 Å². The molecule has 2 heteroatoms. The van der Waals surface area contributed by atoms with Crippen molar-refractivity contribution >= 4 is 23.2 Å². The molecule has 72 valence electrons. The Bertz CT molecular complexity index is 273. The van der Waals surface area contributed by atoms with Crippen LogP contribution in [-0.2, 0) is 5.41 Å². The molecular formula is C11H14Cl2. The molecule has 0 radical (unpaired) electrons. The number of hydrogen-bond acceptors (Lipinski definition) is 0. The Hall–Kier alpha value is -0.200. The first-order valence-corrected chi connectivity index (χ1v) is 5.17. The minimum Gasteiger partial charge on any atom is -0.104 e. The lowest BCUT2D eigenvalue weighted by molar-refractivity contribution is 0.568. The SMILES string of the molecule is Cc1ccc(C(C)(C)C(Cl)Cl)cc1. The first-order chi connectivity index (χ1) is 5.94. The second-order valence-corrected chi connectivity index (χ2v) is 4.98. The average Bonchev–Trinajstić information content (AvgIpc) is 2.04. The predicted molar refractivity (Wildman–Crippen MR) is 59.7 cm³/mol. The predicted octanol–water partition coefficient (Wildman–Crippen LogP) is 4.08. The molecule has 0 nitrogen and oxygen atoms in total. The van der Waals surface area contributed by atoms with Crippen LogP contribution in [0.5, 0.6) is 0 Å². The summed E-state index contributed by atoms with van der Waals surface area (Å²) in [7, 11) is 0. The van der Waals surface area contributed by atoms with Gasteiger partial charge >= 0.3 is 0 Å². The minimum atomic E-state index is -0.379. The number of alkyl halides is 2. The van der Waals surface area contributed by atoms with Gasteiger partial charge in [0.2, 0.25) is 0 Å². The van der Waals surface area contributed by atoms with E-state index >= 15 is 0 Å². The Morgan fingerprint density at radius 2 is 1.54 bits per heavy atom. The van der Waals surface area contributed by atoms with Crippen molar-refractivity contribution in [2.24, 2.45) is 0 Å². The van der Waals surface area contributed by atoms with Crippen molar-refractivity contribution in [1.82, 2.24) is 0 Å². The lowest BCUT2D eigenvalue weighted by Crippen LogP contribution is -2.25. The summed E-state index contributed by atoms with van der Waals surface area (Å²) < 4.78 is 0. The third kappa shape index (κ3) is 2.38. The van der Waals surface area contributed by atoms with E-state index in [4.69, 9.17) is 23.2 Å². The highest BCUT2D eigenvalue weighted by Gasteiger charge is 2.27. The van der Waals surface area contributed by atoms with Crippen molar-refractivity contribution in [3.05, 3.63) is 35.4 Å². The molecule has 0 atom stereocenters. The van der Waals surface area contributed by atoms with Crippen LogP contribution in [0.1, 0.15) is 25.0 Å². The molecule has 0 saturated heterocycles. The normalized spacial score (nSPS) is 12.2. The molecule has 13 heavy (non-hydrogen) atoms. The van der Waals surface area contributed by atoms with Gasteiger partial charge in [-0.2, -0.15) is 0 Å². The Morgan fingerprint density at radius 3 is 1.92 bits per heavy atom. The summed E-state index contributed by atoms with van der Waals surface area (Å²) in [5.41, 5.74) is 2.24. The molecule has 1 aromatic rings. The van der Waals surface area contributed by atoms with Gasteiger partial charge in [-0.15, -0.1) is 23.2 Å². The third-order valence-corrected chi connectivity index (χ3v) is 3.43. The first-order valence-electron chi connectivity index (χ1n) is 4.30. The fourth-order valence-electron chi connectivity index (χ4n) is 1.11. The van der Waals surface area contributed by atoms with E-state index < -0.39 is 0 Å². The lowest BCUT2D eigenvalue weighted by atomic mass is 9.86. The molecule has 0 aromatic heterocycles. The summed E-state index contributed by atoms with van der Waals surface area (Å²) in [5, 5.41) is 0. The van der Waals surface area contributed by atoms with Crippen LogP contribution in [0.4, 0.5) is 0 Å². The van der Waals surface area contributed by atoms with Crippen molar-refractivity contribution in [2.75, 3.05) is 0 Å². The van der Waals surface area contributed by atoms with Gasteiger partial charge in [-0.3, -0.25) is 0 Å². The lowest BCUT2D eigenvalue weighted by Gasteiger charge is -2.26. The minimum absolute atomic E-state index is 0.184. The monoisotopic (exact) mass is 216 g/mol. The van der Waals surface area contributed by atoms with Gasteiger partial charge < -0.3 is 0 Å². The second-order valence-electron chi connectivity index (χ2n) is 3.89. The zero-order valence-electron chi connectivity index (χ0n) is 8.14. The summed E-state index contributed by atoms with van der Waals surface area (Å²) in [6, 6.07) is 8.31. The van der Waals surface area contributed by atoms with Crippen molar-refractivity contribution in [1.29, 1.82) is 0 Å². The Morgan fingerprint density at radius 1 is 1.08 bits per heavy atom. The Kier molecular flexibility index (Phi) is 3.26. The van der Waals surface area contributed by atoms with E-state index in [9.17, 15) is 0 Å². The van der Waals surface area contributed by atoms with Gasteiger partial charge in [0.05, 0.1) is 0 Å². The summed E-state index contributed by atoms with van der Waals surface area (Å²) >= 11 is 11.8. The van der Waals surface area contributed by atoms with Crippen LogP contribution in [0.25, 0.3) is 0 Å². The van der Waals surface area contributed by atoms with Crippen LogP contribution in [-0.4, -0.2) is 4.84 Å². The molecule has 0 aliphatic heterocycles. The van der Waals surface area contributed by atoms with Crippen LogP contribution < -0.4 is 0 Å². The van der Waals surface area contributed by atoms with Gasteiger partial charge in [-0.25, -0.2) is 0 Å². The van der Waals surface area contributed by atoms with Gasteiger partial charge in [0.15, 0.2) is 0 Å². The van der Waals surface area contributed by atoms with Crippen molar-refractivity contribution < 1.29 is 0 Å². The zero-order chi connectivity index (χ0) is 10.1. The van der Waals surface area contributed by atoms with E-state index in [1.807, 2.05) is 13.8 Å². The quantitative estimate of drug-likeness (QED) is 0.655. The highest BCUT2D eigenvalue weighted by molar-refractivity contribution is 6.45. The first kappa shape index (κ1) is 10.9. The van der Waals surface area contributed by atoms with Crippen LogP contribution in [0.15, 0.2) is 24.3 Å². The molecule has 0 aliphatic rings. The second kappa shape index (κ2) is 3.89. The maximum atomic E-state index is 5.91. The van der Waals surface area contributed by atoms with Gasteiger partial charge in [-0.05, 0) is 12.5 Å². The standard InChI is InChI=1S/C11H14Cl2/c1-8-4-6-9(7-5-8)11(2,3)10(12)13/h4-7,10H,1-3H3. The molecule has 0 N–H and O–H groups in total. The molecular weight excluding hydrogens is 203 g/mol. The highest BCUT2D eigenvalue weighted by atomic mass is 35.5. The maximum absolute atomic E-state index is 5.91. The number of rotatable bonds is 2. The fraction of sp³-hybridized carbons (Fsp3) is 0.455. The fourth-order valence-corrected chi connectivity index (χ4v) is 1.36. The molecule has 0 amide bonds. The van der Waals surface area contributed by atoms with E-state index in [1.165, 1.54) is 11.1 Å². The number of aryl methyl sites for hydroxylation is 1. The van der Waals surface area contributed by atoms with E-state index in [0.717, 1.165) is 0 Å². The smallest absolute Gasteiger partial charge is 0.104 e. The van der Waals surface area contributed by atoms with Gasteiger partial charge in [0.1, 0.15) is 4.84 Å².